The molecule has 1 N–H and O–H groups in total. The van der Waals surface area contributed by atoms with E-state index in [-0.39, 0.29) is 5.76 Å². The van der Waals surface area contributed by atoms with E-state index in [1.165, 1.54) is 0 Å². The minimum atomic E-state index is -1.13. The maximum Gasteiger partial charge on any atom is 0.372 e. The highest BCUT2D eigenvalue weighted by atomic mass is 17.2. The van der Waals surface area contributed by atoms with Crippen molar-refractivity contribution in [2.45, 2.75) is 6.92 Å². The second-order valence-electron chi connectivity index (χ2n) is 3.68. The number of benzene rings is 1. The molecule has 1 aromatic carbocycles. The molecule has 0 aliphatic carbocycles. The molecule has 1 aromatic heterocycles. The van der Waals surface area contributed by atoms with Gasteiger partial charge in [-0.3, -0.25) is 9.78 Å². The van der Waals surface area contributed by atoms with Gasteiger partial charge in [0.15, 0.2) is 11.5 Å². The number of para-hydroxylation sites is 1. The molecule has 0 amide bonds. The number of fused-ring (bicyclic) bond motifs is 3. The minimum Gasteiger partial charge on any atom is -0.475 e. The van der Waals surface area contributed by atoms with Crippen molar-refractivity contribution in [1.82, 2.24) is 0 Å². The molecule has 0 bridgehead atoms. The summed E-state index contributed by atoms with van der Waals surface area (Å²) >= 11 is 0. The summed E-state index contributed by atoms with van der Waals surface area (Å²) in [4.78, 5) is 21.1. The molecule has 0 saturated carbocycles. The Morgan fingerprint density at radius 1 is 1.24 bits per heavy atom. The zero-order chi connectivity index (χ0) is 12.0. The van der Waals surface area contributed by atoms with E-state index in [2.05, 4.69) is 0 Å². The summed E-state index contributed by atoms with van der Waals surface area (Å²) < 4.78 is 5.32. The number of rotatable bonds is 1. The van der Waals surface area contributed by atoms with Crippen molar-refractivity contribution < 1.29 is 24.1 Å². The van der Waals surface area contributed by atoms with E-state index in [1.54, 1.807) is 25.1 Å². The Morgan fingerprint density at radius 2 is 2.00 bits per heavy atom. The van der Waals surface area contributed by atoms with Crippen LogP contribution in [0.2, 0.25) is 0 Å². The Kier molecular flexibility index (Phi) is 1.89. The van der Waals surface area contributed by atoms with Gasteiger partial charge in [-0.2, -0.15) is 0 Å². The number of carboxylic acid groups (broad SMARTS) is 1. The van der Waals surface area contributed by atoms with E-state index in [1.807, 2.05) is 6.07 Å². The lowest BCUT2D eigenvalue weighted by atomic mass is 10.1. The van der Waals surface area contributed by atoms with Crippen molar-refractivity contribution >= 4 is 5.97 Å². The highest BCUT2D eigenvalue weighted by Gasteiger charge is 2.30. The van der Waals surface area contributed by atoms with Crippen LogP contribution in [0.3, 0.4) is 0 Å². The van der Waals surface area contributed by atoms with Gasteiger partial charge in [-0.15, -0.1) is 0 Å². The monoisotopic (exact) mass is 232 g/mol. The van der Waals surface area contributed by atoms with Crippen molar-refractivity contribution in [3.05, 3.63) is 35.6 Å². The van der Waals surface area contributed by atoms with Gasteiger partial charge in [-0.1, -0.05) is 12.1 Å². The van der Waals surface area contributed by atoms with Crippen LogP contribution in [-0.4, -0.2) is 11.1 Å². The van der Waals surface area contributed by atoms with Crippen LogP contribution in [0.5, 0.6) is 11.5 Å². The lowest BCUT2D eigenvalue weighted by Gasteiger charge is -2.14. The molecule has 17 heavy (non-hydrogen) atoms. The molecule has 5 nitrogen and oxygen atoms in total. The van der Waals surface area contributed by atoms with Crippen LogP contribution in [0.4, 0.5) is 0 Å². The van der Waals surface area contributed by atoms with Gasteiger partial charge in [0.25, 0.3) is 0 Å². The number of carboxylic acids is 1. The predicted molar refractivity (Wildman–Crippen MR) is 57.1 cm³/mol. The van der Waals surface area contributed by atoms with Crippen LogP contribution < -0.4 is 9.78 Å². The highest BCUT2D eigenvalue weighted by Crippen LogP contribution is 2.45. The number of hydrogen-bond donors (Lipinski definition) is 1. The third-order valence-corrected chi connectivity index (χ3v) is 2.63. The van der Waals surface area contributed by atoms with Gasteiger partial charge >= 0.3 is 5.97 Å². The molecule has 86 valence electrons. The maximum absolute atomic E-state index is 11.0. The first-order valence-electron chi connectivity index (χ1n) is 4.99. The van der Waals surface area contributed by atoms with Crippen LogP contribution in [0, 0.1) is 6.92 Å². The molecule has 1 aliphatic rings. The summed E-state index contributed by atoms with van der Waals surface area (Å²) in [6, 6.07) is 7.11. The lowest BCUT2D eigenvalue weighted by Crippen LogP contribution is -2.07. The molecule has 3 rings (SSSR count). The topological polar surface area (TPSA) is 68.9 Å². The van der Waals surface area contributed by atoms with Crippen molar-refractivity contribution in [3.8, 4) is 22.8 Å². The Morgan fingerprint density at radius 3 is 2.76 bits per heavy atom. The highest BCUT2D eigenvalue weighted by molar-refractivity contribution is 5.89. The minimum absolute atomic E-state index is 0.129. The number of furan rings is 1. The van der Waals surface area contributed by atoms with Gasteiger partial charge in [0.2, 0.25) is 11.5 Å². The van der Waals surface area contributed by atoms with E-state index in [0.29, 0.717) is 28.4 Å². The third-order valence-electron chi connectivity index (χ3n) is 2.63. The molecule has 0 unspecified atom stereocenters. The van der Waals surface area contributed by atoms with E-state index >= 15 is 0 Å². The Labute approximate surface area is 96.1 Å². The standard InChI is InChI=1S/C12H8O5/c1-6-9-11(15-10(6)12(13)14)7-4-2-3-5-8(7)16-17-9/h2-5H,1H3,(H,13,14). The van der Waals surface area contributed by atoms with Crippen molar-refractivity contribution in [3.63, 3.8) is 0 Å². The van der Waals surface area contributed by atoms with Gasteiger partial charge in [-0.25, -0.2) is 4.79 Å². The second-order valence-corrected chi connectivity index (χ2v) is 3.68. The first-order chi connectivity index (χ1) is 8.18. The largest absolute Gasteiger partial charge is 0.475 e. The lowest BCUT2D eigenvalue weighted by molar-refractivity contribution is -0.104. The molecular weight excluding hydrogens is 224 g/mol. The third kappa shape index (κ3) is 1.29. The molecule has 0 radical (unpaired) electrons. The molecule has 0 fully saturated rings. The van der Waals surface area contributed by atoms with Crippen LogP contribution in [0.1, 0.15) is 16.1 Å². The Balaban J connectivity index is 2.27. The Bertz CT molecular complexity index is 611. The summed E-state index contributed by atoms with van der Waals surface area (Å²) in [6.45, 7) is 1.61. The summed E-state index contributed by atoms with van der Waals surface area (Å²) in [7, 11) is 0. The van der Waals surface area contributed by atoms with Crippen molar-refractivity contribution in [2.24, 2.45) is 0 Å². The molecule has 0 spiro atoms. The summed E-state index contributed by atoms with van der Waals surface area (Å²) in [6.07, 6.45) is 0. The van der Waals surface area contributed by atoms with Gasteiger partial charge in [0.05, 0.1) is 11.1 Å². The van der Waals surface area contributed by atoms with E-state index < -0.39 is 5.97 Å². The van der Waals surface area contributed by atoms with E-state index in [9.17, 15) is 4.79 Å². The average Bonchev–Trinajstić information content (AvgIpc) is 2.67. The van der Waals surface area contributed by atoms with Gasteiger partial charge in [-0.05, 0) is 19.1 Å². The first kappa shape index (κ1) is 9.77. The molecule has 1 aliphatic heterocycles. The average molecular weight is 232 g/mol. The van der Waals surface area contributed by atoms with E-state index in [0.717, 1.165) is 0 Å². The smallest absolute Gasteiger partial charge is 0.372 e. The normalized spacial score (nSPS) is 12.1. The zero-order valence-electron chi connectivity index (χ0n) is 8.89. The summed E-state index contributed by atoms with van der Waals surface area (Å²) in [5.41, 5.74) is 1.10. The first-order valence-corrected chi connectivity index (χ1v) is 4.99. The van der Waals surface area contributed by atoms with Crippen molar-refractivity contribution in [1.29, 1.82) is 0 Å². The fraction of sp³-hybridized carbons (Fsp3) is 0.0833. The van der Waals surface area contributed by atoms with Gasteiger partial charge in [0.1, 0.15) is 0 Å². The fourth-order valence-corrected chi connectivity index (χ4v) is 1.79. The SMILES string of the molecule is Cc1c(C(=O)O)oc2c1OOc1ccccc1-2. The molecule has 5 heteroatoms. The number of aromatic carboxylic acids is 1. The maximum atomic E-state index is 11.0. The van der Waals surface area contributed by atoms with Crippen LogP contribution in [0.25, 0.3) is 11.3 Å². The van der Waals surface area contributed by atoms with E-state index in [4.69, 9.17) is 19.3 Å². The van der Waals surface area contributed by atoms with Gasteiger partial charge < -0.3 is 9.52 Å². The molecule has 2 aromatic rings. The predicted octanol–water partition coefficient (Wildman–Crippen LogP) is 2.64. The fourth-order valence-electron chi connectivity index (χ4n) is 1.79. The summed E-state index contributed by atoms with van der Waals surface area (Å²) in [5.74, 6) is -0.0400. The van der Waals surface area contributed by atoms with Crippen LogP contribution >= 0.6 is 0 Å². The quantitative estimate of drug-likeness (QED) is 0.765. The molecular formula is C12H8O5. The Hall–Kier alpha value is -2.43. The number of hydrogen-bond acceptors (Lipinski definition) is 4. The zero-order valence-corrected chi connectivity index (χ0v) is 8.89. The second kappa shape index (κ2) is 3.28. The molecule has 0 saturated heterocycles. The number of carbonyl (C=O) groups is 1. The molecule has 0 atom stereocenters. The van der Waals surface area contributed by atoms with Crippen LogP contribution in [0.15, 0.2) is 28.7 Å². The summed E-state index contributed by atoms with van der Waals surface area (Å²) in [5, 5.41) is 8.97. The van der Waals surface area contributed by atoms with Crippen LogP contribution in [-0.2, 0) is 0 Å². The van der Waals surface area contributed by atoms with Gasteiger partial charge in [0, 0.05) is 0 Å². The molecule has 2 heterocycles. The van der Waals surface area contributed by atoms with Crippen molar-refractivity contribution in [2.75, 3.05) is 0 Å².